The number of hydrazine groups is 1. The molecule has 0 aliphatic rings. The molecule has 4 heteroatoms. The van der Waals surface area contributed by atoms with E-state index in [1.54, 1.807) is 18.5 Å². The van der Waals surface area contributed by atoms with E-state index >= 15 is 0 Å². The highest BCUT2D eigenvalue weighted by molar-refractivity contribution is 4.94. The van der Waals surface area contributed by atoms with E-state index in [2.05, 4.69) is 15.4 Å². The molecule has 0 bridgehead atoms. The second-order valence-corrected chi connectivity index (χ2v) is 2.23. The summed E-state index contributed by atoms with van der Waals surface area (Å²) >= 11 is 0. The van der Waals surface area contributed by atoms with Crippen LogP contribution in [-0.2, 0) is 0 Å². The Kier molecular flexibility index (Phi) is 2.95. The highest BCUT2D eigenvalue weighted by atomic mass is 15.2. The molecule has 60 valence electrons. The molecule has 0 fully saturated rings. The molecule has 0 aliphatic heterocycles. The summed E-state index contributed by atoms with van der Waals surface area (Å²) in [5, 5.41) is 0. The lowest BCUT2D eigenvalue weighted by Crippen LogP contribution is -2.28. The van der Waals surface area contributed by atoms with Crippen molar-refractivity contribution in [1.29, 1.82) is 0 Å². The maximum Gasteiger partial charge on any atom is 0.146 e. The molecule has 1 heterocycles. The average Bonchev–Trinajstić information content (AvgIpc) is 2.09. The van der Waals surface area contributed by atoms with Crippen LogP contribution in [0, 0.1) is 0 Å². The number of nitrogens with one attached hydrogen (secondary N) is 1. The Morgan fingerprint density at radius 2 is 2.18 bits per heavy atom. The number of aromatic nitrogens is 2. The number of hydrogen-bond acceptors (Lipinski definition) is 4. The maximum absolute atomic E-state index is 5.29. The molecule has 0 saturated carbocycles. The third-order valence-electron chi connectivity index (χ3n) is 1.51. The minimum atomic E-state index is 0.0659. The van der Waals surface area contributed by atoms with E-state index in [9.17, 15) is 0 Å². The fraction of sp³-hybridized carbons (Fsp3) is 0.429. The normalized spacial score (nSPS) is 12.9. The van der Waals surface area contributed by atoms with Crippen LogP contribution >= 0.6 is 0 Å². The predicted octanol–water partition coefficient (Wildman–Crippen LogP) is 0.391. The Balaban J connectivity index is 2.74. The van der Waals surface area contributed by atoms with Gasteiger partial charge in [-0.1, -0.05) is 6.92 Å². The number of nitrogens with two attached hydrogens (primary N) is 1. The Morgan fingerprint density at radius 3 is 2.64 bits per heavy atom. The van der Waals surface area contributed by atoms with Crippen LogP contribution in [0.15, 0.2) is 18.5 Å². The van der Waals surface area contributed by atoms with Gasteiger partial charge in [-0.25, -0.2) is 15.4 Å². The first-order valence-electron chi connectivity index (χ1n) is 3.61. The maximum atomic E-state index is 5.29. The molecule has 0 spiro atoms. The van der Waals surface area contributed by atoms with Crippen molar-refractivity contribution in [3.05, 3.63) is 24.3 Å². The van der Waals surface area contributed by atoms with E-state index in [0.29, 0.717) is 0 Å². The highest BCUT2D eigenvalue weighted by Crippen LogP contribution is 2.07. The Bertz CT molecular complexity index is 195. The zero-order chi connectivity index (χ0) is 8.10. The summed E-state index contributed by atoms with van der Waals surface area (Å²) in [7, 11) is 0. The van der Waals surface area contributed by atoms with Gasteiger partial charge in [0.1, 0.15) is 5.82 Å². The van der Waals surface area contributed by atoms with Crippen molar-refractivity contribution in [2.24, 2.45) is 5.84 Å². The molecule has 3 N–H and O–H groups in total. The van der Waals surface area contributed by atoms with Crippen LogP contribution < -0.4 is 11.3 Å². The van der Waals surface area contributed by atoms with Gasteiger partial charge in [-0.15, -0.1) is 0 Å². The van der Waals surface area contributed by atoms with Crippen molar-refractivity contribution in [2.75, 3.05) is 0 Å². The van der Waals surface area contributed by atoms with Gasteiger partial charge < -0.3 is 0 Å². The lowest BCUT2D eigenvalue weighted by atomic mass is 10.2. The molecule has 4 nitrogen and oxygen atoms in total. The Hall–Kier alpha value is -1.00. The summed E-state index contributed by atoms with van der Waals surface area (Å²) < 4.78 is 0. The van der Waals surface area contributed by atoms with Gasteiger partial charge in [-0.3, -0.25) is 5.84 Å². The molecule has 0 aliphatic carbocycles. The molecule has 1 rings (SSSR count). The second-order valence-electron chi connectivity index (χ2n) is 2.23. The lowest BCUT2D eigenvalue weighted by molar-refractivity contribution is 0.511. The van der Waals surface area contributed by atoms with E-state index in [1.165, 1.54) is 0 Å². The van der Waals surface area contributed by atoms with Crippen LogP contribution in [0.25, 0.3) is 0 Å². The smallest absolute Gasteiger partial charge is 0.146 e. The molecular weight excluding hydrogens is 140 g/mol. The van der Waals surface area contributed by atoms with Gasteiger partial charge in [0.15, 0.2) is 0 Å². The lowest BCUT2D eigenvalue weighted by Gasteiger charge is -2.10. The number of nitrogens with zero attached hydrogens (tertiary/aromatic N) is 2. The molecule has 1 atom stereocenters. The summed E-state index contributed by atoms with van der Waals surface area (Å²) in [6.45, 7) is 2.03. The van der Waals surface area contributed by atoms with E-state index in [-0.39, 0.29) is 6.04 Å². The summed E-state index contributed by atoms with van der Waals surface area (Å²) in [6, 6.07) is 1.85. The van der Waals surface area contributed by atoms with Gasteiger partial charge in [0.2, 0.25) is 0 Å². The molecule has 1 unspecified atom stereocenters. The van der Waals surface area contributed by atoms with Crippen LogP contribution in [0.3, 0.4) is 0 Å². The van der Waals surface area contributed by atoms with Crippen molar-refractivity contribution in [1.82, 2.24) is 15.4 Å². The summed E-state index contributed by atoms with van der Waals surface area (Å²) in [4.78, 5) is 8.13. The van der Waals surface area contributed by atoms with Crippen LogP contribution in [-0.4, -0.2) is 9.97 Å². The quantitative estimate of drug-likeness (QED) is 0.486. The molecule has 1 aromatic heterocycles. The van der Waals surface area contributed by atoms with E-state index in [4.69, 9.17) is 5.84 Å². The van der Waals surface area contributed by atoms with Crippen molar-refractivity contribution in [3.8, 4) is 0 Å². The van der Waals surface area contributed by atoms with Crippen LogP contribution in [0.4, 0.5) is 0 Å². The monoisotopic (exact) mass is 152 g/mol. The van der Waals surface area contributed by atoms with Gasteiger partial charge in [0.25, 0.3) is 0 Å². The molecule has 0 saturated heterocycles. The van der Waals surface area contributed by atoms with Crippen molar-refractivity contribution < 1.29 is 0 Å². The molecule has 0 amide bonds. The topological polar surface area (TPSA) is 63.8 Å². The third kappa shape index (κ3) is 1.96. The molecular formula is C7H12N4. The van der Waals surface area contributed by atoms with E-state index in [1.807, 2.05) is 6.92 Å². The van der Waals surface area contributed by atoms with Crippen LogP contribution in [0.1, 0.15) is 25.2 Å². The van der Waals surface area contributed by atoms with Gasteiger partial charge in [0.05, 0.1) is 6.04 Å². The van der Waals surface area contributed by atoms with Crippen molar-refractivity contribution in [3.63, 3.8) is 0 Å². The van der Waals surface area contributed by atoms with Gasteiger partial charge in [-0.05, 0) is 12.5 Å². The molecule has 0 radical (unpaired) electrons. The zero-order valence-electron chi connectivity index (χ0n) is 6.49. The van der Waals surface area contributed by atoms with Gasteiger partial charge in [0, 0.05) is 12.4 Å². The summed E-state index contributed by atoms with van der Waals surface area (Å²) in [5.41, 5.74) is 2.64. The molecule has 1 aromatic rings. The first-order chi connectivity index (χ1) is 5.38. The predicted molar refractivity (Wildman–Crippen MR) is 42.4 cm³/mol. The van der Waals surface area contributed by atoms with Gasteiger partial charge >= 0.3 is 0 Å². The summed E-state index contributed by atoms with van der Waals surface area (Å²) in [5.74, 6) is 6.03. The Labute approximate surface area is 65.8 Å². The highest BCUT2D eigenvalue weighted by Gasteiger charge is 2.07. The number of hydrogen-bond donors (Lipinski definition) is 2. The fourth-order valence-corrected chi connectivity index (χ4v) is 0.866. The first kappa shape index (κ1) is 8.10. The fourth-order valence-electron chi connectivity index (χ4n) is 0.866. The Morgan fingerprint density at radius 1 is 1.55 bits per heavy atom. The average molecular weight is 152 g/mol. The standard InChI is InChI=1S/C7H12N4/c1-2-6(11-8)7-9-4-3-5-10-7/h3-6,11H,2,8H2,1H3. The minimum Gasteiger partial charge on any atom is -0.271 e. The second kappa shape index (κ2) is 4.00. The molecule has 11 heavy (non-hydrogen) atoms. The third-order valence-corrected chi connectivity index (χ3v) is 1.51. The van der Waals surface area contributed by atoms with E-state index in [0.717, 1.165) is 12.2 Å². The van der Waals surface area contributed by atoms with E-state index < -0.39 is 0 Å². The van der Waals surface area contributed by atoms with Crippen LogP contribution in [0.2, 0.25) is 0 Å². The summed E-state index contributed by atoms with van der Waals surface area (Å²) in [6.07, 6.45) is 4.31. The number of rotatable bonds is 3. The minimum absolute atomic E-state index is 0.0659. The molecule has 0 aromatic carbocycles. The first-order valence-corrected chi connectivity index (χ1v) is 3.61. The van der Waals surface area contributed by atoms with Crippen molar-refractivity contribution in [2.45, 2.75) is 19.4 Å². The van der Waals surface area contributed by atoms with Crippen molar-refractivity contribution >= 4 is 0 Å². The largest absolute Gasteiger partial charge is 0.271 e. The van der Waals surface area contributed by atoms with Crippen LogP contribution in [0.5, 0.6) is 0 Å². The van der Waals surface area contributed by atoms with Gasteiger partial charge in [-0.2, -0.15) is 0 Å². The SMILES string of the molecule is CCC(NN)c1ncccn1. The zero-order valence-corrected chi connectivity index (χ0v) is 6.49.